The van der Waals surface area contributed by atoms with Crippen LogP contribution in [0.4, 0.5) is 11.5 Å². The number of fused-ring (bicyclic) bond motifs is 1. The topological polar surface area (TPSA) is 57.3 Å². The predicted octanol–water partition coefficient (Wildman–Crippen LogP) is 5.68. The van der Waals surface area contributed by atoms with Gasteiger partial charge in [-0.2, -0.15) is 0 Å². The van der Waals surface area contributed by atoms with Crippen molar-refractivity contribution in [1.29, 1.82) is 0 Å². The molecule has 1 amide bonds. The number of anilines is 2. The zero-order valence-corrected chi connectivity index (χ0v) is 19.8. The van der Waals surface area contributed by atoms with E-state index >= 15 is 0 Å². The van der Waals surface area contributed by atoms with Gasteiger partial charge in [0.25, 0.3) is 0 Å². The molecular weight excluding hydrogens is 408 g/mol. The van der Waals surface area contributed by atoms with Crippen LogP contribution in [0.3, 0.4) is 0 Å². The third-order valence-corrected chi connectivity index (χ3v) is 8.89. The molecule has 2 aromatic rings. The summed E-state index contributed by atoms with van der Waals surface area (Å²) < 4.78 is 0. The highest BCUT2D eigenvalue weighted by Gasteiger charge is 2.51. The van der Waals surface area contributed by atoms with Crippen LogP contribution in [0.5, 0.6) is 0 Å². The number of piperidine rings is 1. The molecule has 1 aromatic heterocycles. The fourth-order valence-electron chi connectivity index (χ4n) is 7.93. The molecule has 4 saturated carbocycles. The molecule has 4 bridgehead atoms. The van der Waals surface area contributed by atoms with Gasteiger partial charge in [-0.25, -0.2) is 4.98 Å². The summed E-state index contributed by atoms with van der Waals surface area (Å²) in [4.78, 5) is 20.5. The van der Waals surface area contributed by atoms with Crippen molar-refractivity contribution < 1.29 is 4.79 Å². The predicted molar refractivity (Wildman–Crippen MR) is 134 cm³/mol. The Labute approximate surface area is 197 Å². The number of aromatic nitrogens is 1. The first-order valence-corrected chi connectivity index (χ1v) is 13.3. The first-order chi connectivity index (χ1) is 16.1. The van der Waals surface area contributed by atoms with Crippen molar-refractivity contribution in [2.24, 2.45) is 23.2 Å². The molecule has 5 aliphatic rings. The first kappa shape index (κ1) is 21.4. The Balaban J connectivity index is 1.09. The molecular formula is C28H38N4O. The summed E-state index contributed by atoms with van der Waals surface area (Å²) in [6, 6.07) is 10.2. The Kier molecular flexibility index (Phi) is 5.77. The SMILES string of the molecule is O=C(CC12CC3CC(CC(C3)C1)C2)Nc1cccc2nc(NCCN3CCCCC3)ccc12. The van der Waals surface area contributed by atoms with Crippen molar-refractivity contribution in [3.63, 3.8) is 0 Å². The number of hydrogen-bond acceptors (Lipinski definition) is 4. The number of carbonyl (C=O) groups is 1. The van der Waals surface area contributed by atoms with Gasteiger partial charge in [-0.1, -0.05) is 12.5 Å². The van der Waals surface area contributed by atoms with Crippen LogP contribution in [0.1, 0.15) is 64.2 Å². The van der Waals surface area contributed by atoms with E-state index in [0.717, 1.165) is 53.3 Å². The van der Waals surface area contributed by atoms with Crippen LogP contribution in [0, 0.1) is 23.2 Å². The van der Waals surface area contributed by atoms with Crippen molar-refractivity contribution >= 4 is 28.3 Å². The van der Waals surface area contributed by atoms with Gasteiger partial charge >= 0.3 is 0 Å². The van der Waals surface area contributed by atoms with Gasteiger partial charge in [0.15, 0.2) is 0 Å². The Morgan fingerprint density at radius 3 is 2.42 bits per heavy atom. The van der Waals surface area contributed by atoms with Gasteiger partial charge < -0.3 is 15.5 Å². The second-order valence-electron chi connectivity index (χ2n) is 11.5. The maximum Gasteiger partial charge on any atom is 0.224 e. The average molecular weight is 447 g/mol. The number of likely N-dealkylation sites (tertiary alicyclic amines) is 1. The summed E-state index contributed by atoms with van der Waals surface area (Å²) in [5, 5.41) is 7.78. The second-order valence-corrected chi connectivity index (χ2v) is 11.5. The summed E-state index contributed by atoms with van der Waals surface area (Å²) in [6.07, 6.45) is 12.8. The molecule has 1 aliphatic heterocycles. The number of nitrogens with zero attached hydrogens (tertiary/aromatic N) is 2. The molecule has 1 aromatic carbocycles. The molecule has 0 spiro atoms. The number of amides is 1. The average Bonchev–Trinajstić information content (AvgIpc) is 2.78. The van der Waals surface area contributed by atoms with Crippen LogP contribution in [0.25, 0.3) is 10.9 Å². The van der Waals surface area contributed by atoms with Crippen LogP contribution in [-0.4, -0.2) is 42.0 Å². The molecule has 0 unspecified atom stereocenters. The minimum absolute atomic E-state index is 0.188. The summed E-state index contributed by atoms with van der Waals surface area (Å²) in [6.45, 7) is 4.43. The van der Waals surface area contributed by atoms with Gasteiger partial charge in [-0.3, -0.25) is 4.79 Å². The lowest BCUT2D eigenvalue weighted by Crippen LogP contribution is -2.47. The lowest BCUT2D eigenvalue weighted by Gasteiger charge is -2.56. The maximum absolute atomic E-state index is 13.2. The van der Waals surface area contributed by atoms with E-state index in [1.54, 1.807) is 0 Å². The number of carbonyl (C=O) groups excluding carboxylic acids is 1. The molecule has 5 fully saturated rings. The number of benzene rings is 1. The maximum atomic E-state index is 13.2. The van der Waals surface area contributed by atoms with Crippen molar-refractivity contribution in [2.45, 2.75) is 64.2 Å². The molecule has 176 valence electrons. The molecule has 4 aliphatic carbocycles. The van der Waals surface area contributed by atoms with Crippen molar-refractivity contribution in [3.8, 4) is 0 Å². The number of rotatable bonds is 7. The smallest absolute Gasteiger partial charge is 0.224 e. The molecule has 0 radical (unpaired) electrons. The second kappa shape index (κ2) is 8.90. The standard InChI is InChI=1S/C28H38N4O/c33-27(19-28-16-20-13-21(17-28)15-22(14-20)18-28)31-25-6-4-5-24-23(25)7-8-26(30-24)29-9-12-32-10-2-1-3-11-32/h4-8,20-22H,1-3,9-19H2,(H,29,30)(H,31,33). The van der Waals surface area contributed by atoms with Gasteiger partial charge in [-0.05, 0) is 112 Å². The summed E-state index contributed by atoms with van der Waals surface area (Å²) in [7, 11) is 0. The van der Waals surface area contributed by atoms with E-state index in [1.807, 2.05) is 24.3 Å². The van der Waals surface area contributed by atoms with E-state index in [0.29, 0.717) is 6.42 Å². The van der Waals surface area contributed by atoms with E-state index < -0.39 is 0 Å². The van der Waals surface area contributed by atoms with Gasteiger partial charge in [0.05, 0.1) is 11.2 Å². The number of hydrogen-bond donors (Lipinski definition) is 2. The molecule has 0 atom stereocenters. The minimum Gasteiger partial charge on any atom is -0.369 e. The van der Waals surface area contributed by atoms with Crippen LogP contribution in [0.2, 0.25) is 0 Å². The van der Waals surface area contributed by atoms with Crippen LogP contribution >= 0.6 is 0 Å². The lowest BCUT2D eigenvalue weighted by atomic mass is 9.49. The summed E-state index contributed by atoms with van der Waals surface area (Å²) in [5.74, 6) is 3.75. The minimum atomic E-state index is 0.188. The molecule has 5 nitrogen and oxygen atoms in total. The largest absolute Gasteiger partial charge is 0.369 e. The molecule has 7 rings (SSSR count). The van der Waals surface area contributed by atoms with Gasteiger partial charge in [0.1, 0.15) is 5.82 Å². The Hall–Kier alpha value is -2.14. The molecule has 2 N–H and O–H groups in total. The number of nitrogens with one attached hydrogen (secondary N) is 2. The van der Waals surface area contributed by atoms with Crippen LogP contribution in [0.15, 0.2) is 30.3 Å². The van der Waals surface area contributed by atoms with Crippen molar-refractivity contribution in [1.82, 2.24) is 9.88 Å². The van der Waals surface area contributed by atoms with Crippen LogP contribution in [-0.2, 0) is 4.79 Å². The molecule has 2 heterocycles. The lowest BCUT2D eigenvalue weighted by molar-refractivity contribution is -0.124. The van der Waals surface area contributed by atoms with Gasteiger partial charge in [0, 0.05) is 24.9 Å². The number of pyridine rings is 1. The van der Waals surface area contributed by atoms with Crippen molar-refractivity contribution in [3.05, 3.63) is 30.3 Å². The highest BCUT2D eigenvalue weighted by molar-refractivity contribution is 6.01. The van der Waals surface area contributed by atoms with E-state index in [-0.39, 0.29) is 11.3 Å². The summed E-state index contributed by atoms with van der Waals surface area (Å²) in [5.41, 5.74) is 2.10. The normalized spacial score (nSPS) is 31.1. The van der Waals surface area contributed by atoms with E-state index in [2.05, 4.69) is 21.6 Å². The van der Waals surface area contributed by atoms with Gasteiger partial charge in [0.2, 0.25) is 5.91 Å². The zero-order chi connectivity index (χ0) is 22.3. The van der Waals surface area contributed by atoms with Gasteiger partial charge in [-0.15, -0.1) is 0 Å². The van der Waals surface area contributed by atoms with E-state index in [4.69, 9.17) is 4.98 Å². The Morgan fingerprint density at radius 2 is 1.70 bits per heavy atom. The quantitative estimate of drug-likeness (QED) is 0.575. The third kappa shape index (κ3) is 4.62. The highest BCUT2D eigenvalue weighted by atomic mass is 16.1. The van der Waals surface area contributed by atoms with E-state index in [1.165, 1.54) is 70.9 Å². The van der Waals surface area contributed by atoms with Crippen LogP contribution < -0.4 is 10.6 Å². The van der Waals surface area contributed by atoms with E-state index in [9.17, 15) is 4.79 Å². The first-order valence-electron chi connectivity index (χ1n) is 13.3. The Morgan fingerprint density at radius 1 is 0.970 bits per heavy atom. The Bertz CT molecular complexity index is 977. The fraction of sp³-hybridized carbons (Fsp3) is 0.643. The molecule has 1 saturated heterocycles. The zero-order valence-electron chi connectivity index (χ0n) is 19.8. The third-order valence-electron chi connectivity index (χ3n) is 8.89. The monoisotopic (exact) mass is 446 g/mol. The van der Waals surface area contributed by atoms with Crippen molar-refractivity contribution in [2.75, 3.05) is 36.8 Å². The molecule has 33 heavy (non-hydrogen) atoms. The fourth-order valence-corrected chi connectivity index (χ4v) is 7.93. The summed E-state index contributed by atoms with van der Waals surface area (Å²) >= 11 is 0. The highest BCUT2D eigenvalue weighted by Crippen LogP contribution is 2.61. The molecule has 5 heteroatoms.